The second-order valence-electron chi connectivity index (χ2n) is 8.60. The van der Waals surface area contributed by atoms with Gasteiger partial charge in [-0.1, -0.05) is 65.5 Å². The van der Waals surface area contributed by atoms with Crippen molar-refractivity contribution in [2.45, 2.75) is 97.8 Å². The van der Waals surface area contributed by atoms with Gasteiger partial charge in [0.1, 0.15) is 6.04 Å². The maximum atomic E-state index is 12.7. The van der Waals surface area contributed by atoms with Crippen LogP contribution in [0.4, 0.5) is 0 Å². The molecule has 0 aromatic rings. The van der Waals surface area contributed by atoms with Gasteiger partial charge in [0.2, 0.25) is 11.8 Å². The van der Waals surface area contributed by atoms with Gasteiger partial charge in [-0.05, 0) is 45.4 Å². The maximum absolute atomic E-state index is 12.7. The molecule has 186 valence electrons. The van der Waals surface area contributed by atoms with Gasteiger partial charge in [-0.15, -0.1) is 0 Å². The molecule has 0 aromatic carbocycles. The van der Waals surface area contributed by atoms with Crippen molar-refractivity contribution < 1.29 is 23.9 Å². The molecule has 0 bridgehead atoms. The van der Waals surface area contributed by atoms with Crippen LogP contribution in [0, 0.1) is 11.8 Å². The fourth-order valence-electron chi connectivity index (χ4n) is 3.07. The largest absolute Gasteiger partial charge is 0.462 e. The summed E-state index contributed by atoms with van der Waals surface area (Å²) < 4.78 is 5.43. The first-order valence-electron chi connectivity index (χ1n) is 11.5. The van der Waals surface area contributed by atoms with E-state index in [1.54, 1.807) is 0 Å². The lowest BCUT2D eigenvalue weighted by Gasteiger charge is -2.24. The van der Waals surface area contributed by atoms with Crippen molar-refractivity contribution in [3.05, 3.63) is 0 Å². The molecule has 0 spiro atoms. The summed E-state index contributed by atoms with van der Waals surface area (Å²) in [4.78, 5) is 48.9. The van der Waals surface area contributed by atoms with Gasteiger partial charge in [-0.3, -0.25) is 19.2 Å². The molecule has 7 nitrogen and oxygen atoms in total. The molecule has 3 atom stereocenters. The van der Waals surface area contributed by atoms with Gasteiger partial charge in [0.05, 0.1) is 18.1 Å². The average molecular weight is 584 g/mol. The molecule has 0 saturated heterocycles. The van der Waals surface area contributed by atoms with Gasteiger partial charge in [-0.25, -0.2) is 0 Å². The standard InChI is InChI=1S/C23H40Br2N2O5/c1-6-7-11-19(17(5)28)26-22(30)21(15(2)3)27-20(29)12-9-8-10-16(4)32-23(31)18(13-24)14-25/h15-16,18-19,21H,6-14H2,1-5H3,(H,26,30)(H,27,29)/t16?,19-,21-/m0/s1. The van der Waals surface area contributed by atoms with Crippen molar-refractivity contribution in [1.82, 2.24) is 10.6 Å². The number of halogens is 2. The SMILES string of the molecule is CCCC[C@H](NC(=O)[C@@H](NC(=O)CCCCC(C)OC(=O)C(CBr)CBr)C(C)C)C(C)=O. The van der Waals surface area contributed by atoms with Crippen LogP contribution >= 0.6 is 31.9 Å². The Hall–Kier alpha value is -0.960. The zero-order valence-electron chi connectivity index (χ0n) is 20.0. The Kier molecular flexibility index (Phi) is 17.0. The molecule has 0 heterocycles. The molecule has 2 N–H and O–H groups in total. The van der Waals surface area contributed by atoms with Crippen molar-refractivity contribution in [3.63, 3.8) is 0 Å². The van der Waals surface area contributed by atoms with Crippen molar-refractivity contribution in [2.24, 2.45) is 11.8 Å². The topological polar surface area (TPSA) is 102 Å². The molecule has 0 aliphatic rings. The fourth-order valence-corrected chi connectivity index (χ4v) is 4.67. The lowest BCUT2D eigenvalue weighted by molar-refractivity contribution is -0.151. The van der Waals surface area contributed by atoms with Gasteiger partial charge in [0.15, 0.2) is 5.78 Å². The number of alkyl halides is 2. The molecule has 0 fully saturated rings. The van der Waals surface area contributed by atoms with Crippen LogP contribution in [-0.2, 0) is 23.9 Å². The highest BCUT2D eigenvalue weighted by atomic mass is 79.9. The molecule has 0 saturated carbocycles. The first-order chi connectivity index (χ1) is 15.1. The second-order valence-corrected chi connectivity index (χ2v) is 9.90. The number of esters is 1. The van der Waals surface area contributed by atoms with Gasteiger partial charge >= 0.3 is 5.97 Å². The van der Waals surface area contributed by atoms with Gasteiger partial charge < -0.3 is 15.4 Å². The maximum Gasteiger partial charge on any atom is 0.310 e. The average Bonchev–Trinajstić information content (AvgIpc) is 2.72. The lowest BCUT2D eigenvalue weighted by Crippen LogP contribution is -2.53. The summed E-state index contributed by atoms with van der Waals surface area (Å²) in [5, 5.41) is 6.69. The highest BCUT2D eigenvalue weighted by molar-refractivity contribution is 9.09. The summed E-state index contributed by atoms with van der Waals surface area (Å²) in [5.74, 6) is -1.15. The van der Waals surface area contributed by atoms with E-state index in [-0.39, 0.29) is 47.9 Å². The monoisotopic (exact) mass is 582 g/mol. The molecule has 9 heteroatoms. The van der Waals surface area contributed by atoms with Gasteiger partial charge in [-0.2, -0.15) is 0 Å². The molecule has 0 aliphatic carbocycles. The molecule has 0 radical (unpaired) electrons. The first kappa shape index (κ1) is 31.0. The fraction of sp³-hybridized carbons (Fsp3) is 0.826. The molecular weight excluding hydrogens is 544 g/mol. The van der Waals surface area contributed by atoms with Crippen molar-refractivity contribution in [2.75, 3.05) is 10.7 Å². The minimum atomic E-state index is -0.684. The minimum absolute atomic E-state index is 0.0750. The summed E-state index contributed by atoms with van der Waals surface area (Å²) in [6.07, 6.45) is 4.50. The third kappa shape index (κ3) is 12.9. The zero-order chi connectivity index (χ0) is 24.7. The van der Waals surface area contributed by atoms with E-state index < -0.39 is 12.1 Å². The molecule has 0 aliphatic heterocycles. The van der Waals surface area contributed by atoms with E-state index in [0.717, 1.165) is 19.3 Å². The molecule has 1 unspecified atom stereocenters. The Morgan fingerprint density at radius 2 is 1.53 bits per heavy atom. The molecule has 0 rings (SSSR count). The number of carbonyl (C=O) groups is 4. The Bertz CT molecular complexity index is 597. The quantitative estimate of drug-likeness (QED) is 0.151. The van der Waals surface area contributed by atoms with Gasteiger partial charge in [0, 0.05) is 17.1 Å². The van der Waals surface area contributed by atoms with Crippen molar-refractivity contribution >= 4 is 55.4 Å². The number of unbranched alkanes of at least 4 members (excludes halogenated alkanes) is 2. The predicted octanol–water partition coefficient (Wildman–Crippen LogP) is 4.29. The normalized spacial score (nSPS) is 14.0. The van der Waals surface area contributed by atoms with E-state index in [0.29, 0.717) is 29.9 Å². The van der Waals surface area contributed by atoms with E-state index in [9.17, 15) is 19.2 Å². The number of nitrogens with one attached hydrogen (secondary N) is 2. The Balaban J connectivity index is 4.50. The van der Waals surface area contributed by atoms with E-state index in [2.05, 4.69) is 42.5 Å². The summed E-state index contributed by atoms with van der Waals surface area (Å²) in [6.45, 7) is 9.08. The number of carbonyl (C=O) groups excluding carboxylic acids is 4. The lowest BCUT2D eigenvalue weighted by atomic mass is 10.0. The number of ketones is 1. The van der Waals surface area contributed by atoms with E-state index in [1.807, 2.05) is 27.7 Å². The number of amides is 2. The van der Waals surface area contributed by atoms with Gasteiger partial charge in [0.25, 0.3) is 0 Å². The Morgan fingerprint density at radius 1 is 0.906 bits per heavy atom. The summed E-state index contributed by atoms with van der Waals surface area (Å²) >= 11 is 6.59. The highest BCUT2D eigenvalue weighted by Crippen LogP contribution is 2.13. The third-order valence-corrected chi connectivity index (χ3v) is 6.77. The van der Waals surface area contributed by atoms with E-state index in [1.165, 1.54) is 6.92 Å². The predicted molar refractivity (Wildman–Crippen MR) is 134 cm³/mol. The molecule has 32 heavy (non-hydrogen) atoms. The first-order valence-corrected chi connectivity index (χ1v) is 13.7. The van der Waals surface area contributed by atoms with Crippen LogP contribution in [-0.4, -0.2) is 52.4 Å². The smallest absolute Gasteiger partial charge is 0.310 e. The number of Topliss-reactive ketones (excluding diaryl/α,β-unsaturated/α-hetero) is 1. The van der Waals surface area contributed by atoms with Crippen LogP contribution in [0.1, 0.15) is 79.6 Å². The Morgan fingerprint density at radius 3 is 2.03 bits per heavy atom. The van der Waals surface area contributed by atoms with Crippen LogP contribution in [0.5, 0.6) is 0 Å². The van der Waals surface area contributed by atoms with Crippen molar-refractivity contribution in [3.8, 4) is 0 Å². The van der Waals surface area contributed by atoms with Crippen LogP contribution in [0.2, 0.25) is 0 Å². The minimum Gasteiger partial charge on any atom is -0.462 e. The third-order valence-electron chi connectivity index (χ3n) is 5.21. The Labute approximate surface area is 209 Å². The molecule has 2 amide bonds. The molecule has 0 aromatic heterocycles. The van der Waals surface area contributed by atoms with Crippen LogP contribution in [0.15, 0.2) is 0 Å². The number of hydrogen-bond acceptors (Lipinski definition) is 5. The highest BCUT2D eigenvalue weighted by Gasteiger charge is 2.27. The number of hydrogen-bond donors (Lipinski definition) is 2. The zero-order valence-corrected chi connectivity index (χ0v) is 23.2. The molecular formula is C23H40Br2N2O5. The summed E-state index contributed by atoms with van der Waals surface area (Å²) in [5.41, 5.74) is 0. The van der Waals surface area contributed by atoms with Crippen molar-refractivity contribution in [1.29, 1.82) is 0 Å². The second kappa shape index (κ2) is 17.5. The summed E-state index contributed by atoms with van der Waals surface area (Å²) in [6, 6.07) is -1.20. The van der Waals surface area contributed by atoms with Crippen LogP contribution < -0.4 is 10.6 Å². The summed E-state index contributed by atoms with van der Waals surface area (Å²) in [7, 11) is 0. The number of rotatable bonds is 17. The van der Waals surface area contributed by atoms with Crippen LogP contribution in [0.3, 0.4) is 0 Å². The number of ether oxygens (including phenoxy) is 1. The van der Waals surface area contributed by atoms with Crippen LogP contribution in [0.25, 0.3) is 0 Å². The van der Waals surface area contributed by atoms with E-state index >= 15 is 0 Å². The van der Waals surface area contributed by atoms with E-state index in [4.69, 9.17) is 4.74 Å².